The van der Waals surface area contributed by atoms with E-state index in [0.29, 0.717) is 10.3 Å². The topological polar surface area (TPSA) is 86.7 Å². The van der Waals surface area contributed by atoms with Gasteiger partial charge in [0.25, 0.3) is 0 Å². The number of nitrogens with zero attached hydrogens (tertiary/aromatic N) is 1. The lowest BCUT2D eigenvalue weighted by Gasteiger charge is -2.29. The number of sulfonamides is 1. The molecule has 1 aliphatic rings. The normalized spacial score (nSPS) is 20.6. The predicted molar refractivity (Wildman–Crippen MR) is 84.4 cm³/mol. The summed E-state index contributed by atoms with van der Waals surface area (Å²) in [5.74, 6) is -0.842. The number of rotatable bonds is 5. The summed E-state index contributed by atoms with van der Waals surface area (Å²) in [5, 5.41) is 8.92. The van der Waals surface area contributed by atoms with Crippen molar-refractivity contribution in [1.29, 1.82) is 0 Å². The molecule has 1 saturated heterocycles. The van der Waals surface area contributed by atoms with Crippen molar-refractivity contribution in [1.82, 2.24) is 9.62 Å². The Kier molecular flexibility index (Phi) is 5.42. The molecule has 118 valence electrons. The molecule has 6 nitrogen and oxygen atoms in total. The van der Waals surface area contributed by atoms with E-state index >= 15 is 0 Å². The molecule has 0 aromatic carbocycles. The lowest BCUT2D eigenvalue weighted by atomic mass is 9.99. The van der Waals surface area contributed by atoms with Crippen LogP contribution in [0.15, 0.2) is 14.7 Å². The summed E-state index contributed by atoms with van der Waals surface area (Å²) in [7, 11) is -1.67. The van der Waals surface area contributed by atoms with E-state index in [2.05, 4.69) is 25.6 Å². The van der Waals surface area contributed by atoms with Gasteiger partial charge in [0.05, 0.1) is 3.79 Å². The smallest absolute Gasteiger partial charge is 0.345 e. The molecule has 0 saturated carbocycles. The molecule has 1 fully saturated rings. The fraction of sp³-hybridized carbons (Fsp3) is 0.583. The maximum Gasteiger partial charge on any atom is 0.345 e. The highest BCUT2D eigenvalue weighted by Gasteiger charge is 2.25. The van der Waals surface area contributed by atoms with Crippen molar-refractivity contribution in [2.45, 2.75) is 17.7 Å². The van der Waals surface area contributed by atoms with Crippen LogP contribution >= 0.6 is 27.3 Å². The molecule has 1 aromatic heterocycles. The average molecular weight is 397 g/mol. The van der Waals surface area contributed by atoms with E-state index in [1.54, 1.807) is 0 Å². The summed E-state index contributed by atoms with van der Waals surface area (Å²) in [6, 6.07) is 1.19. The zero-order valence-corrected chi connectivity index (χ0v) is 14.7. The Labute approximate surface area is 136 Å². The molecule has 0 amide bonds. The van der Waals surface area contributed by atoms with Crippen molar-refractivity contribution in [3.63, 3.8) is 0 Å². The number of piperidine rings is 1. The van der Waals surface area contributed by atoms with Gasteiger partial charge < -0.3 is 10.0 Å². The molecule has 0 aliphatic carbocycles. The van der Waals surface area contributed by atoms with Crippen molar-refractivity contribution in [2.75, 3.05) is 26.7 Å². The Hall–Kier alpha value is -0.480. The van der Waals surface area contributed by atoms with E-state index in [4.69, 9.17) is 5.11 Å². The number of carboxylic acid groups (broad SMARTS) is 1. The zero-order valence-electron chi connectivity index (χ0n) is 11.5. The number of aromatic carboxylic acids is 1. The van der Waals surface area contributed by atoms with Crippen LogP contribution in [0.1, 0.15) is 22.5 Å². The summed E-state index contributed by atoms with van der Waals surface area (Å²) in [4.78, 5) is 13.1. The van der Waals surface area contributed by atoms with Gasteiger partial charge in [-0.2, -0.15) is 0 Å². The lowest BCUT2D eigenvalue weighted by Crippen LogP contribution is -2.39. The Balaban J connectivity index is 2.06. The van der Waals surface area contributed by atoms with E-state index in [0.717, 1.165) is 37.3 Å². The van der Waals surface area contributed by atoms with Gasteiger partial charge in [0.2, 0.25) is 10.0 Å². The zero-order chi connectivity index (χ0) is 15.6. The number of halogens is 1. The molecular weight excluding hydrogens is 380 g/mol. The summed E-state index contributed by atoms with van der Waals surface area (Å²) in [6.07, 6.45) is 2.06. The molecule has 21 heavy (non-hydrogen) atoms. The number of likely N-dealkylation sites (tertiary alicyclic amines) is 1. The molecule has 1 atom stereocenters. The third kappa shape index (κ3) is 4.26. The van der Waals surface area contributed by atoms with E-state index in [9.17, 15) is 13.2 Å². The second kappa shape index (κ2) is 6.74. The number of carboxylic acids is 1. The first-order valence-corrected chi connectivity index (χ1v) is 9.59. The second-order valence-corrected chi connectivity index (χ2v) is 9.28. The number of carbonyl (C=O) groups is 1. The number of hydrogen-bond donors (Lipinski definition) is 2. The monoisotopic (exact) mass is 396 g/mol. The molecule has 0 bridgehead atoms. The molecule has 1 aliphatic heterocycles. The van der Waals surface area contributed by atoms with E-state index in [1.807, 2.05) is 7.05 Å². The van der Waals surface area contributed by atoms with Gasteiger partial charge in [-0.1, -0.05) is 0 Å². The van der Waals surface area contributed by atoms with Crippen LogP contribution < -0.4 is 4.72 Å². The fourth-order valence-electron chi connectivity index (χ4n) is 2.39. The Morgan fingerprint density at radius 1 is 1.62 bits per heavy atom. The Bertz CT molecular complexity index is 629. The van der Waals surface area contributed by atoms with Crippen LogP contribution in [0, 0.1) is 5.92 Å². The van der Waals surface area contributed by atoms with Gasteiger partial charge in [0, 0.05) is 13.1 Å². The number of thiophene rings is 1. The first kappa shape index (κ1) is 16.9. The summed E-state index contributed by atoms with van der Waals surface area (Å²) >= 11 is 4.03. The fourth-order valence-corrected chi connectivity index (χ4v) is 5.90. The lowest BCUT2D eigenvalue weighted by molar-refractivity contribution is 0.0702. The molecule has 1 aromatic rings. The van der Waals surface area contributed by atoms with Crippen LogP contribution in [0.2, 0.25) is 0 Å². The van der Waals surface area contributed by atoms with Gasteiger partial charge in [-0.25, -0.2) is 17.9 Å². The third-order valence-corrected chi connectivity index (χ3v) is 7.10. The molecule has 9 heteroatoms. The second-order valence-electron chi connectivity index (χ2n) is 5.18. The van der Waals surface area contributed by atoms with Crippen LogP contribution in [-0.2, 0) is 10.0 Å². The van der Waals surface area contributed by atoms with Gasteiger partial charge >= 0.3 is 5.97 Å². The van der Waals surface area contributed by atoms with Crippen LogP contribution in [0.5, 0.6) is 0 Å². The van der Waals surface area contributed by atoms with Gasteiger partial charge in [-0.05, 0) is 54.3 Å². The number of hydrogen-bond acceptors (Lipinski definition) is 5. The molecule has 0 radical (unpaired) electrons. The standard InChI is InChI=1S/C12H17BrN2O4S2/c1-15-4-2-3-8(7-15)6-14-21(18,19)10-5-9(12(16)17)20-11(10)13/h5,8,14H,2-4,6-7H2,1H3,(H,16,17). The Morgan fingerprint density at radius 2 is 2.33 bits per heavy atom. The molecule has 2 N–H and O–H groups in total. The maximum absolute atomic E-state index is 12.3. The summed E-state index contributed by atoms with van der Waals surface area (Å²) in [5.41, 5.74) is 0. The van der Waals surface area contributed by atoms with Crippen molar-refractivity contribution in [3.05, 3.63) is 14.7 Å². The van der Waals surface area contributed by atoms with E-state index < -0.39 is 16.0 Å². The van der Waals surface area contributed by atoms with Gasteiger partial charge in [-0.3, -0.25) is 0 Å². The first-order chi connectivity index (χ1) is 9.79. The first-order valence-electron chi connectivity index (χ1n) is 6.50. The summed E-state index contributed by atoms with van der Waals surface area (Å²) in [6.45, 7) is 2.28. The average Bonchev–Trinajstić information content (AvgIpc) is 2.80. The largest absolute Gasteiger partial charge is 0.477 e. The van der Waals surface area contributed by atoms with Gasteiger partial charge in [-0.15, -0.1) is 11.3 Å². The van der Waals surface area contributed by atoms with Crippen LogP contribution in [0.25, 0.3) is 0 Å². The molecular formula is C12H17BrN2O4S2. The van der Waals surface area contributed by atoms with Crippen molar-refractivity contribution < 1.29 is 18.3 Å². The minimum atomic E-state index is -3.69. The molecule has 1 unspecified atom stereocenters. The third-order valence-electron chi connectivity index (χ3n) is 3.44. The minimum Gasteiger partial charge on any atom is -0.477 e. The predicted octanol–water partition coefficient (Wildman–Crippen LogP) is 1.83. The maximum atomic E-state index is 12.3. The highest BCUT2D eigenvalue weighted by atomic mass is 79.9. The Morgan fingerprint density at radius 3 is 2.90 bits per heavy atom. The molecule has 2 heterocycles. The van der Waals surface area contributed by atoms with Crippen LogP contribution in [0.3, 0.4) is 0 Å². The molecule has 0 spiro atoms. The van der Waals surface area contributed by atoms with E-state index in [-0.39, 0.29) is 15.7 Å². The van der Waals surface area contributed by atoms with Gasteiger partial charge in [0.1, 0.15) is 9.77 Å². The van der Waals surface area contributed by atoms with Crippen molar-refractivity contribution in [2.24, 2.45) is 5.92 Å². The van der Waals surface area contributed by atoms with Crippen LogP contribution in [-0.4, -0.2) is 51.1 Å². The van der Waals surface area contributed by atoms with Crippen molar-refractivity contribution >= 4 is 43.3 Å². The van der Waals surface area contributed by atoms with Crippen molar-refractivity contribution in [3.8, 4) is 0 Å². The highest BCUT2D eigenvalue weighted by molar-refractivity contribution is 9.11. The van der Waals surface area contributed by atoms with E-state index in [1.165, 1.54) is 6.07 Å². The SMILES string of the molecule is CN1CCCC(CNS(=O)(=O)c2cc(C(=O)O)sc2Br)C1. The van der Waals surface area contributed by atoms with Crippen LogP contribution in [0.4, 0.5) is 0 Å². The minimum absolute atomic E-state index is 0.000324. The highest BCUT2D eigenvalue weighted by Crippen LogP contribution is 2.31. The molecule has 2 rings (SSSR count). The number of nitrogens with one attached hydrogen (secondary N) is 1. The quantitative estimate of drug-likeness (QED) is 0.792. The van der Waals surface area contributed by atoms with Gasteiger partial charge in [0.15, 0.2) is 0 Å². The summed E-state index contributed by atoms with van der Waals surface area (Å²) < 4.78 is 27.4.